The van der Waals surface area contributed by atoms with E-state index in [-0.39, 0.29) is 11.9 Å². The molecule has 0 saturated heterocycles. The summed E-state index contributed by atoms with van der Waals surface area (Å²) >= 11 is 0. The molecule has 32 heavy (non-hydrogen) atoms. The molecule has 2 heterocycles. The zero-order chi connectivity index (χ0) is 22.7. The Bertz CT molecular complexity index is 1030. The lowest BCUT2D eigenvalue weighted by molar-refractivity contribution is -0.125. The number of carbonyl (C=O) groups excluding carboxylic acids is 2. The van der Waals surface area contributed by atoms with Crippen molar-refractivity contribution in [1.82, 2.24) is 15.5 Å². The van der Waals surface area contributed by atoms with Gasteiger partial charge in [-0.05, 0) is 36.1 Å². The van der Waals surface area contributed by atoms with E-state index in [1.807, 2.05) is 18.2 Å². The van der Waals surface area contributed by atoms with Crippen LogP contribution in [0, 0.1) is 0 Å². The minimum Gasteiger partial charge on any atom is -0.493 e. The summed E-state index contributed by atoms with van der Waals surface area (Å²) in [5.74, 6) is 1.29. The lowest BCUT2D eigenvalue weighted by Gasteiger charge is -2.26. The van der Waals surface area contributed by atoms with Crippen LogP contribution >= 0.6 is 0 Å². The van der Waals surface area contributed by atoms with E-state index in [4.69, 9.17) is 14.2 Å². The maximum absolute atomic E-state index is 13.3. The first kappa shape index (κ1) is 21.5. The van der Waals surface area contributed by atoms with E-state index in [9.17, 15) is 9.59 Å². The van der Waals surface area contributed by atoms with Crippen molar-refractivity contribution in [2.24, 2.45) is 0 Å². The van der Waals surface area contributed by atoms with Gasteiger partial charge in [-0.3, -0.25) is 4.79 Å². The second-order valence-electron chi connectivity index (χ2n) is 7.70. The molecule has 168 valence electrons. The standard InChI is InChI=1S/C24H27N3O5/c1-30-18-12-16(13-19(31-2)22(18)32-3)21-20-17(25-24(29)26-21)14-27(23(20)28)11-7-10-15-8-5-4-6-9-15/h4-6,8-9,12-13,21H,7,10-11,14H2,1-3H3,(H2,25,26,29)/t21-/m0/s1. The predicted molar refractivity (Wildman–Crippen MR) is 119 cm³/mol. The molecule has 0 radical (unpaired) electrons. The Morgan fingerprint density at radius 3 is 2.31 bits per heavy atom. The summed E-state index contributed by atoms with van der Waals surface area (Å²) in [6.45, 7) is 0.996. The van der Waals surface area contributed by atoms with Crippen LogP contribution in [0.15, 0.2) is 53.7 Å². The number of carbonyl (C=O) groups is 2. The van der Waals surface area contributed by atoms with E-state index in [0.717, 1.165) is 12.8 Å². The van der Waals surface area contributed by atoms with E-state index in [1.54, 1.807) is 17.0 Å². The van der Waals surface area contributed by atoms with Crippen LogP contribution in [-0.4, -0.2) is 51.3 Å². The minimum atomic E-state index is -0.612. The van der Waals surface area contributed by atoms with Crippen LogP contribution in [0.25, 0.3) is 0 Å². The second kappa shape index (κ2) is 9.21. The minimum absolute atomic E-state index is 0.0840. The molecule has 0 bridgehead atoms. The molecule has 0 aliphatic carbocycles. The fourth-order valence-electron chi connectivity index (χ4n) is 4.25. The summed E-state index contributed by atoms with van der Waals surface area (Å²) in [5, 5.41) is 5.68. The first-order chi connectivity index (χ1) is 15.5. The summed E-state index contributed by atoms with van der Waals surface area (Å²) < 4.78 is 16.3. The zero-order valence-corrected chi connectivity index (χ0v) is 18.4. The molecule has 0 saturated carbocycles. The van der Waals surface area contributed by atoms with Gasteiger partial charge in [-0.2, -0.15) is 0 Å². The quantitative estimate of drug-likeness (QED) is 0.663. The Hall–Kier alpha value is -3.68. The third-order valence-corrected chi connectivity index (χ3v) is 5.78. The van der Waals surface area contributed by atoms with Crippen molar-refractivity contribution < 1.29 is 23.8 Å². The highest BCUT2D eigenvalue weighted by Crippen LogP contribution is 2.42. The number of hydrogen-bond donors (Lipinski definition) is 2. The van der Waals surface area contributed by atoms with Crippen molar-refractivity contribution in [3.63, 3.8) is 0 Å². The summed E-state index contributed by atoms with van der Waals surface area (Å²) in [4.78, 5) is 27.4. The van der Waals surface area contributed by atoms with Crippen LogP contribution in [0.4, 0.5) is 4.79 Å². The Balaban J connectivity index is 1.56. The predicted octanol–water partition coefficient (Wildman–Crippen LogP) is 2.80. The fourth-order valence-corrected chi connectivity index (χ4v) is 4.25. The topological polar surface area (TPSA) is 89.1 Å². The molecule has 0 fully saturated rings. The van der Waals surface area contributed by atoms with Gasteiger partial charge in [0.2, 0.25) is 5.75 Å². The molecule has 2 aliphatic rings. The van der Waals surface area contributed by atoms with Crippen LogP contribution in [0.2, 0.25) is 0 Å². The number of rotatable bonds is 8. The van der Waals surface area contributed by atoms with Crippen LogP contribution in [0.3, 0.4) is 0 Å². The van der Waals surface area contributed by atoms with Crippen LogP contribution in [0.5, 0.6) is 17.2 Å². The summed E-state index contributed by atoms with van der Waals surface area (Å²) in [7, 11) is 4.59. The average molecular weight is 437 g/mol. The highest BCUT2D eigenvalue weighted by molar-refractivity contribution is 6.01. The molecule has 4 rings (SSSR count). The molecular weight excluding hydrogens is 410 g/mol. The Morgan fingerprint density at radius 1 is 1.00 bits per heavy atom. The third-order valence-electron chi connectivity index (χ3n) is 5.78. The average Bonchev–Trinajstić information content (AvgIpc) is 3.13. The Kier molecular flexibility index (Phi) is 6.20. The third kappa shape index (κ3) is 4.08. The number of hydrogen-bond acceptors (Lipinski definition) is 5. The molecule has 0 unspecified atom stereocenters. The van der Waals surface area contributed by atoms with Crippen molar-refractivity contribution >= 4 is 11.9 Å². The first-order valence-electron chi connectivity index (χ1n) is 10.5. The van der Waals surface area contributed by atoms with Gasteiger partial charge in [-0.25, -0.2) is 4.79 Å². The number of benzene rings is 2. The fraction of sp³-hybridized carbons (Fsp3) is 0.333. The number of urea groups is 1. The molecule has 0 spiro atoms. The summed E-state index contributed by atoms with van der Waals surface area (Å²) in [5.41, 5.74) is 3.10. The molecule has 2 aliphatic heterocycles. The smallest absolute Gasteiger partial charge is 0.319 e. The summed E-state index contributed by atoms with van der Waals surface area (Å²) in [6, 6.07) is 12.7. The molecular formula is C24H27N3O5. The van der Waals surface area contributed by atoms with E-state index in [2.05, 4.69) is 22.8 Å². The normalized spacial score (nSPS) is 17.6. The van der Waals surface area contributed by atoms with E-state index in [0.29, 0.717) is 47.2 Å². The maximum Gasteiger partial charge on any atom is 0.319 e. The number of nitrogens with one attached hydrogen (secondary N) is 2. The first-order valence-corrected chi connectivity index (χ1v) is 10.5. The number of amides is 3. The van der Waals surface area contributed by atoms with E-state index >= 15 is 0 Å². The summed E-state index contributed by atoms with van der Waals surface area (Å²) in [6.07, 6.45) is 1.72. The molecule has 2 N–H and O–H groups in total. The van der Waals surface area contributed by atoms with Gasteiger partial charge in [-0.1, -0.05) is 30.3 Å². The van der Waals surface area contributed by atoms with Crippen LogP contribution in [0.1, 0.15) is 23.6 Å². The molecule has 3 amide bonds. The van der Waals surface area contributed by atoms with E-state index in [1.165, 1.54) is 26.9 Å². The second-order valence-corrected chi connectivity index (χ2v) is 7.70. The van der Waals surface area contributed by atoms with Crippen molar-refractivity contribution in [3.8, 4) is 17.2 Å². The molecule has 8 heteroatoms. The highest BCUT2D eigenvalue weighted by Gasteiger charge is 2.40. The molecule has 0 aromatic heterocycles. The van der Waals surface area contributed by atoms with Gasteiger partial charge >= 0.3 is 6.03 Å². The van der Waals surface area contributed by atoms with Gasteiger partial charge in [0.25, 0.3) is 5.91 Å². The number of methoxy groups -OCH3 is 3. The van der Waals surface area contributed by atoms with Gasteiger partial charge in [-0.15, -0.1) is 0 Å². The highest BCUT2D eigenvalue weighted by atomic mass is 16.5. The zero-order valence-electron chi connectivity index (χ0n) is 18.4. The van der Waals surface area contributed by atoms with Crippen LogP contribution in [-0.2, 0) is 11.2 Å². The van der Waals surface area contributed by atoms with Crippen molar-refractivity contribution in [2.45, 2.75) is 18.9 Å². The maximum atomic E-state index is 13.3. The Morgan fingerprint density at radius 2 is 1.69 bits per heavy atom. The molecule has 2 aromatic carbocycles. The number of ether oxygens (including phenoxy) is 3. The lowest BCUT2D eigenvalue weighted by Crippen LogP contribution is -2.44. The number of aryl methyl sites for hydroxylation is 1. The van der Waals surface area contributed by atoms with Crippen LogP contribution < -0.4 is 24.8 Å². The van der Waals surface area contributed by atoms with E-state index < -0.39 is 6.04 Å². The number of nitrogens with zero attached hydrogens (tertiary/aromatic N) is 1. The lowest BCUT2D eigenvalue weighted by atomic mass is 9.95. The van der Waals surface area contributed by atoms with Crippen molar-refractivity contribution in [3.05, 3.63) is 64.9 Å². The molecule has 8 nitrogen and oxygen atoms in total. The van der Waals surface area contributed by atoms with Gasteiger partial charge < -0.3 is 29.7 Å². The Labute approximate surface area is 187 Å². The van der Waals surface area contributed by atoms with Crippen molar-refractivity contribution in [1.29, 1.82) is 0 Å². The molecule has 2 aromatic rings. The van der Waals surface area contributed by atoms with Gasteiger partial charge in [0.1, 0.15) is 0 Å². The van der Waals surface area contributed by atoms with Gasteiger partial charge in [0.05, 0.1) is 45.2 Å². The van der Waals surface area contributed by atoms with Gasteiger partial charge in [0.15, 0.2) is 11.5 Å². The largest absolute Gasteiger partial charge is 0.493 e. The van der Waals surface area contributed by atoms with Crippen molar-refractivity contribution in [2.75, 3.05) is 34.4 Å². The molecule has 1 atom stereocenters. The van der Waals surface area contributed by atoms with Gasteiger partial charge in [0, 0.05) is 6.54 Å². The SMILES string of the molecule is COc1cc([C@@H]2NC(=O)NC3=C2C(=O)N(CCCc2ccccc2)C3)cc(OC)c1OC. The monoisotopic (exact) mass is 437 g/mol.